The summed E-state index contributed by atoms with van der Waals surface area (Å²) in [5, 5.41) is 5.90. The maximum Gasteiger partial charge on any atom is 0.408 e. The maximum absolute atomic E-state index is 13.2. The average Bonchev–Trinajstić information content (AvgIpc) is 2.85. The SMILES string of the molecule is NC(=O)[C@H](Cc1c(Cl)cccc1Cl)NC(=O)[C@@H](Cc1ccccc1)NC(=O)OCc1ccccc1. The molecule has 3 amide bonds. The second-order valence-corrected chi connectivity index (χ2v) is 8.63. The Bertz CT molecular complexity index is 1140. The molecule has 0 bridgehead atoms. The van der Waals surface area contributed by atoms with E-state index in [1.807, 2.05) is 60.7 Å². The van der Waals surface area contributed by atoms with Crippen LogP contribution in [-0.4, -0.2) is 30.0 Å². The second kappa shape index (κ2) is 12.8. The van der Waals surface area contributed by atoms with Crippen molar-refractivity contribution in [2.24, 2.45) is 5.73 Å². The standard InChI is InChI=1S/C26H25Cl2N3O4/c27-20-12-7-13-21(28)19(20)15-22(24(29)32)30-25(33)23(14-17-8-3-1-4-9-17)31-26(34)35-16-18-10-5-2-6-11-18/h1-13,22-23H,14-16H2,(H2,29,32)(H,30,33)(H,31,34)/t22-,23+/m0/s1. The number of nitrogens with two attached hydrogens (primary N) is 1. The van der Waals surface area contributed by atoms with Crippen molar-refractivity contribution in [2.45, 2.75) is 31.5 Å². The van der Waals surface area contributed by atoms with Crippen LogP contribution in [0.1, 0.15) is 16.7 Å². The van der Waals surface area contributed by atoms with Gasteiger partial charge in [0.05, 0.1) is 0 Å². The topological polar surface area (TPSA) is 111 Å². The van der Waals surface area contributed by atoms with Gasteiger partial charge >= 0.3 is 6.09 Å². The normalized spacial score (nSPS) is 12.3. The molecule has 0 saturated carbocycles. The van der Waals surface area contributed by atoms with Crippen LogP contribution in [0, 0.1) is 0 Å². The smallest absolute Gasteiger partial charge is 0.408 e. The summed E-state index contributed by atoms with van der Waals surface area (Å²) in [4.78, 5) is 37.8. The van der Waals surface area contributed by atoms with E-state index < -0.39 is 30.0 Å². The molecular weight excluding hydrogens is 489 g/mol. The van der Waals surface area contributed by atoms with Crippen LogP contribution in [0.2, 0.25) is 10.0 Å². The molecule has 0 heterocycles. The third-order valence-corrected chi connectivity index (χ3v) is 5.94. The van der Waals surface area contributed by atoms with Gasteiger partial charge in [0, 0.05) is 22.9 Å². The minimum atomic E-state index is -1.10. The number of halogens is 2. The molecule has 9 heteroatoms. The zero-order chi connectivity index (χ0) is 25.2. The number of hydrogen-bond donors (Lipinski definition) is 3. The van der Waals surface area contributed by atoms with E-state index in [0.717, 1.165) is 11.1 Å². The minimum absolute atomic E-state index is 0.00388. The lowest BCUT2D eigenvalue weighted by molar-refractivity contribution is -0.128. The van der Waals surface area contributed by atoms with Crippen molar-refractivity contribution in [1.82, 2.24) is 10.6 Å². The van der Waals surface area contributed by atoms with Crippen LogP contribution in [-0.2, 0) is 33.8 Å². The van der Waals surface area contributed by atoms with Gasteiger partial charge in [-0.3, -0.25) is 9.59 Å². The second-order valence-electron chi connectivity index (χ2n) is 7.82. The Hall–Kier alpha value is -3.55. The molecule has 35 heavy (non-hydrogen) atoms. The van der Waals surface area contributed by atoms with Crippen molar-refractivity contribution in [3.8, 4) is 0 Å². The van der Waals surface area contributed by atoms with Gasteiger partial charge in [0.25, 0.3) is 0 Å². The Morgan fingerprint density at radius 2 is 1.31 bits per heavy atom. The molecule has 0 unspecified atom stereocenters. The average molecular weight is 514 g/mol. The molecule has 7 nitrogen and oxygen atoms in total. The number of benzene rings is 3. The van der Waals surface area contributed by atoms with Crippen molar-refractivity contribution < 1.29 is 19.1 Å². The number of carbonyl (C=O) groups excluding carboxylic acids is 3. The first-order chi connectivity index (χ1) is 16.8. The fourth-order valence-corrected chi connectivity index (χ4v) is 3.94. The lowest BCUT2D eigenvalue weighted by atomic mass is 10.0. The molecular formula is C26H25Cl2N3O4. The van der Waals surface area contributed by atoms with Crippen LogP contribution in [0.3, 0.4) is 0 Å². The highest BCUT2D eigenvalue weighted by Gasteiger charge is 2.27. The summed E-state index contributed by atoms with van der Waals surface area (Å²) in [6, 6.07) is 21.1. The minimum Gasteiger partial charge on any atom is -0.445 e. The highest BCUT2D eigenvalue weighted by molar-refractivity contribution is 6.36. The zero-order valence-corrected chi connectivity index (χ0v) is 20.3. The van der Waals surface area contributed by atoms with Crippen molar-refractivity contribution in [3.63, 3.8) is 0 Å². The van der Waals surface area contributed by atoms with Gasteiger partial charge in [0.1, 0.15) is 18.7 Å². The van der Waals surface area contributed by atoms with E-state index in [4.69, 9.17) is 33.7 Å². The van der Waals surface area contributed by atoms with Crippen molar-refractivity contribution in [1.29, 1.82) is 0 Å². The number of rotatable bonds is 10. The predicted molar refractivity (Wildman–Crippen MR) is 135 cm³/mol. The van der Waals surface area contributed by atoms with Crippen molar-refractivity contribution >= 4 is 41.1 Å². The van der Waals surface area contributed by atoms with Crippen LogP contribution >= 0.6 is 23.2 Å². The molecule has 0 aliphatic rings. The Kier molecular flexibility index (Phi) is 9.52. The third kappa shape index (κ3) is 8.02. The van der Waals surface area contributed by atoms with Gasteiger partial charge < -0.3 is 21.1 Å². The highest BCUT2D eigenvalue weighted by atomic mass is 35.5. The van der Waals surface area contributed by atoms with Crippen LogP contribution in [0.25, 0.3) is 0 Å². The number of nitrogens with one attached hydrogen (secondary N) is 2. The van der Waals surface area contributed by atoms with E-state index in [-0.39, 0.29) is 19.4 Å². The highest BCUT2D eigenvalue weighted by Crippen LogP contribution is 2.25. The van der Waals surface area contributed by atoms with Gasteiger partial charge in [-0.1, -0.05) is 89.9 Å². The van der Waals surface area contributed by atoms with Gasteiger partial charge in [-0.2, -0.15) is 0 Å². The molecule has 0 aliphatic heterocycles. The lowest BCUT2D eigenvalue weighted by Crippen LogP contribution is -2.54. The largest absolute Gasteiger partial charge is 0.445 e. The number of amides is 3. The molecule has 3 aromatic carbocycles. The van der Waals surface area contributed by atoms with Gasteiger partial charge in [-0.25, -0.2) is 4.79 Å². The molecule has 3 aromatic rings. The van der Waals surface area contributed by atoms with E-state index >= 15 is 0 Å². The monoisotopic (exact) mass is 513 g/mol. The number of ether oxygens (including phenoxy) is 1. The Balaban J connectivity index is 1.72. The lowest BCUT2D eigenvalue weighted by Gasteiger charge is -2.22. The molecule has 182 valence electrons. The van der Waals surface area contributed by atoms with Gasteiger partial charge in [0.15, 0.2) is 0 Å². The first-order valence-corrected chi connectivity index (χ1v) is 11.6. The molecule has 0 saturated heterocycles. The van der Waals surface area contributed by atoms with Gasteiger partial charge in [0.2, 0.25) is 11.8 Å². The Morgan fingerprint density at radius 3 is 1.89 bits per heavy atom. The van der Waals surface area contributed by atoms with Crippen LogP contribution < -0.4 is 16.4 Å². The van der Waals surface area contributed by atoms with Gasteiger partial charge in [-0.05, 0) is 28.8 Å². The summed E-state index contributed by atoms with van der Waals surface area (Å²) in [7, 11) is 0. The number of carbonyl (C=O) groups is 3. The fraction of sp³-hybridized carbons (Fsp3) is 0.192. The molecule has 0 spiro atoms. The fourth-order valence-electron chi connectivity index (χ4n) is 3.39. The van der Waals surface area contributed by atoms with Crippen molar-refractivity contribution in [2.75, 3.05) is 0 Å². The summed E-state index contributed by atoms with van der Waals surface area (Å²) in [6.07, 6.45) is -0.601. The number of hydrogen-bond acceptors (Lipinski definition) is 4. The first kappa shape index (κ1) is 26.1. The van der Waals surface area contributed by atoms with Crippen LogP contribution in [0.5, 0.6) is 0 Å². The van der Waals surface area contributed by atoms with Crippen molar-refractivity contribution in [3.05, 3.63) is 106 Å². The molecule has 4 N–H and O–H groups in total. The molecule has 0 radical (unpaired) electrons. The third-order valence-electron chi connectivity index (χ3n) is 5.23. The quantitative estimate of drug-likeness (QED) is 0.379. The maximum atomic E-state index is 13.2. The Labute approximate surface area is 213 Å². The molecule has 0 aliphatic carbocycles. The summed E-state index contributed by atoms with van der Waals surface area (Å²) in [5.41, 5.74) is 7.64. The summed E-state index contributed by atoms with van der Waals surface area (Å²) >= 11 is 12.4. The molecule has 0 fully saturated rings. The molecule has 3 rings (SSSR count). The number of primary amides is 1. The van der Waals surface area contributed by atoms with Crippen LogP contribution in [0.4, 0.5) is 4.79 Å². The molecule has 0 aromatic heterocycles. The summed E-state index contributed by atoms with van der Waals surface area (Å²) in [5.74, 6) is -1.36. The first-order valence-electron chi connectivity index (χ1n) is 10.9. The molecule has 2 atom stereocenters. The number of alkyl carbamates (subject to hydrolysis) is 1. The Morgan fingerprint density at radius 1 is 0.743 bits per heavy atom. The predicted octanol–water partition coefficient (Wildman–Crippen LogP) is 4.04. The van der Waals surface area contributed by atoms with E-state index in [2.05, 4.69) is 10.6 Å². The van der Waals surface area contributed by atoms with E-state index in [1.54, 1.807) is 18.2 Å². The van der Waals surface area contributed by atoms with E-state index in [0.29, 0.717) is 15.6 Å². The van der Waals surface area contributed by atoms with E-state index in [1.165, 1.54) is 0 Å². The zero-order valence-electron chi connectivity index (χ0n) is 18.7. The van der Waals surface area contributed by atoms with Gasteiger partial charge in [-0.15, -0.1) is 0 Å². The van der Waals surface area contributed by atoms with Crippen LogP contribution in [0.15, 0.2) is 78.9 Å². The summed E-state index contributed by atoms with van der Waals surface area (Å²) < 4.78 is 5.27. The van der Waals surface area contributed by atoms with E-state index in [9.17, 15) is 14.4 Å². The summed E-state index contributed by atoms with van der Waals surface area (Å²) in [6.45, 7) is 0.0429.